The van der Waals surface area contributed by atoms with Gasteiger partial charge in [-0.3, -0.25) is 9.59 Å². The molecule has 5 aromatic rings. The van der Waals surface area contributed by atoms with Crippen molar-refractivity contribution in [1.82, 2.24) is 4.98 Å². The molecule has 0 saturated carbocycles. The van der Waals surface area contributed by atoms with E-state index in [2.05, 4.69) is 10.3 Å². The number of hydrogen-bond acceptors (Lipinski definition) is 4. The molecule has 0 saturated heterocycles. The van der Waals surface area contributed by atoms with Crippen molar-refractivity contribution in [2.45, 2.75) is 0 Å². The van der Waals surface area contributed by atoms with E-state index in [4.69, 9.17) is 9.15 Å². The van der Waals surface area contributed by atoms with Crippen molar-refractivity contribution in [3.05, 3.63) is 95.5 Å². The maximum absolute atomic E-state index is 12.8. The quantitative estimate of drug-likeness (QED) is 0.429. The molecule has 0 fully saturated rings. The van der Waals surface area contributed by atoms with Gasteiger partial charge in [-0.25, -0.2) is 0 Å². The summed E-state index contributed by atoms with van der Waals surface area (Å²) in [5, 5.41) is 4.28. The van der Waals surface area contributed by atoms with Crippen molar-refractivity contribution in [3.63, 3.8) is 0 Å². The first-order valence-corrected chi connectivity index (χ1v) is 9.78. The van der Waals surface area contributed by atoms with Gasteiger partial charge >= 0.3 is 0 Å². The van der Waals surface area contributed by atoms with Crippen molar-refractivity contribution in [2.75, 3.05) is 11.9 Å². The van der Waals surface area contributed by atoms with Crippen LogP contribution in [0.5, 0.6) is 5.75 Å². The molecule has 6 heteroatoms. The van der Waals surface area contributed by atoms with Crippen LogP contribution in [0.3, 0.4) is 0 Å². The molecule has 6 nitrogen and oxygen atoms in total. The zero-order valence-corrected chi connectivity index (χ0v) is 16.4. The van der Waals surface area contributed by atoms with Gasteiger partial charge < -0.3 is 19.5 Å². The van der Waals surface area contributed by atoms with Crippen LogP contribution in [-0.2, 0) is 4.79 Å². The largest absolute Gasteiger partial charge is 0.484 e. The maximum atomic E-state index is 12.8. The van der Waals surface area contributed by atoms with Crippen molar-refractivity contribution in [1.29, 1.82) is 0 Å². The third-order valence-electron chi connectivity index (χ3n) is 5.04. The summed E-state index contributed by atoms with van der Waals surface area (Å²) in [7, 11) is 0. The lowest BCUT2D eigenvalue weighted by atomic mass is 10.1. The molecule has 0 spiro atoms. The Hall–Kier alpha value is -4.32. The van der Waals surface area contributed by atoms with Crippen molar-refractivity contribution in [3.8, 4) is 16.9 Å². The maximum Gasteiger partial charge on any atom is 0.262 e. The van der Waals surface area contributed by atoms with Crippen LogP contribution in [0.15, 0.2) is 94.5 Å². The van der Waals surface area contributed by atoms with Gasteiger partial charge in [-0.15, -0.1) is 0 Å². The Kier molecular flexibility index (Phi) is 4.72. The highest BCUT2D eigenvalue weighted by atomic mass is 16.5. The molecule has 5 rings (SSSR count). The number of benzene rings is 3. The van der Waals surface area contributed by atoms with Crippen LogP contribution in [-0.4, -0.2) is 17.5 Å². The van der Waals surface area contributed by atoms with Gasteiger partial charge in [0.05, 0.1) is 10.9 Å². The average Bonchev–Trinajstić information content (AvgIpc) is 3.26. The van der Waals surface area contributed by atoms with Crippen molar-refractivity contribution >= 4 is 33.5 Å². The third-order valence-corrected chi connectivity index (χ3v) is 5.04. The van der Waals surface area contributed by atoms with E-state index in [1.165, 1.54) is 6.26 Å². The van der Waals surface area contributed by atoms with Gasteiger partial charge in [-0.1, -0.05) is 30.3 Å². The molecule has 0 aliphatic carbocycles. The molecule has 152 valence electrons. The second-order valence-electron chi connectivity index (χ2n) is 7.12. The first-order valence-electron chi connectivity index (χ1n) is 9.78. The lowest BCUT2D eigenvalue weighted by molar-refractivity contribution is -0.118. The number of carbonyl (C=O) groups excluding carboxylic acids is 1. The Morgan fingerprint density at radius 1 is 1.00 bits per heavy atom. The SMILES string of the molecule is O=C(COc1ccc2c(=O)c(-c3ccccc3)coc2c1)Nc1ccc2[nH]ccc2c1. The van der Waals surface area contributed by atoms with E-state index >= 15 is 0 Å². The molecular formula is C25H18N2O4. The fourth-order valence-electron chi connectivity index (χ4n) is 3.49. The topological polar surface area (TPSA) is 84.3 Å². The zero-order valence-electron chi connectivity index (χ0n) is 16.4. The summed E-state index contributed by atoms with van der Waals surface area (Å²) in [6.07, 6.45) is 3.30. The Bertz CT molecular complexity index is 1450. The molecule has 2 aromatic heterocycles. The lowest BCUT2D eigenvalue weighted by Crippen LogP contribution is -2.20. The second-order valence-corrected chi connectivity index (χ2v) is 7.12. The highest BCUT2D eigenvalue weighted by Gasteiger charge is 2.11. The number of anilines is 1. The molecule has 0 atom stereocenters. The number of carbonyl (C=O) groups is 1. The van der Waals surface area contributed by atoms with E-state index in [0.717, 1.165) is 16.5 Å². The molecular weight excluding hydrogens is 392 g/mol. The van der Waals surface area contributed by atoms with Crippen LogP contribution in [0, 0.1) is 0 Å². The fourth-order valence-corrected chi connectivity index (χ4v) is 3.49. The minimum Gasteiger partial charge on any atom is -0.484 e. The predicted molar refractivity (Wildman–Crippen MR) is 120 cm³/mol. The van der Waals surface area contributed by atoms with Crippen LogP contribution in [0.4, 0.5) is 5.69 Å². The van der Waals surface area contributed by atoms with Crippen LogP contribution in [0.25, 0.3) is 33.0 Å². The first-order chi connectivity index (χ1) is 15.2. The van der Waals surface area contributed by atoms with Gasteiger partial charge in [0.15, 0.2) is 12.0 Å². The molecule has 31 heavy (non-hydrogen) atoms. The summed E-state index contributed by atoms with van der Waals surface area (Å²) in [5.74, 6) is 0.162. The summed E-state index contributed by atoms with van der Waals surface area (Å²) in [5.41, 5.74) is 3.28. The number of amides is 1. The Balaban J connectivity index is 1.30. The zero-order chi connectivity index (χ0) is 21.2. The number of rotatable bonds is 5. The molecule has 2 N–H and O–H groups in total. The minimum absolute atomic E-state index is 0.114. The van der Waals surface area contributed by atoms with E-state index in [-0.39, 0.29) is 17.9 Å². The summed E-state index contributed by atoms with van der Waals surface area (Å²) in [4.78, 5) is 28.2. The van der Waals surface area contributed by atoms with Gasteiger partial charge in [0.25, 0.3) is 5.91 Å². The Labute approximate surface area is 177 Å². The standard InChI is InChI=1S/C25H18N2O4/c28-24(27-18-6-9-22-17(12-18)10-11-26-22)15-30-19-7-8-20-23(13-19)31-14-21(25(20)29)16-4-2-1-3-5-16/h1-14,26H,15H2,(H,27,28). The Morgan fingerprint density at radius 2 is 1.87 bits per heavy atom. The molecule has 0 unspecified atom stereocenters. The van der Waals surface area contributed by atoms with Crippen LogP contribution >= 0.6 is 0 Å². The van der Waals surface area contributed by atoms with Crippen molar-refractivity contribution in [2.24, 2.45) is 0 Å². The van der Waals surface area contributed by atoms with E-state index in [0.29, 0.717) is 28.0 Å². The highest BCUT2D eigenvalue weighted by molar-refractivity contribution is 5.94. The average molecular weight is 410 g/mol. The minimum atomic E-state index is -0.282. The normalized spacial score (nSPS) is 11.0. The molecule has 1 amide bonds. The van der Waals surface area contributed by atoms with E-state index in [9.17, 15) is 9.59 Å². The van der Waals surface area contributed by atoms with E-state index < -0.39 is 0 Å². The van der Waals surface area contributed by atoms with Crippen LogP contribution < -0.4 is 15.5 Å². The first kappa shape index (κ1) is 18.7. The predicted octanol–water partition coefficient (Wildman–Crippen LogP) is 4.96. The monoisotopic (exact) mass is 410 g/mol. The van der Waals surface area contributed by atoms with E-state index in [1.54, 1.807) is 18.2 Å². The summed E-state index contributed by atoms with van der Waals surface area (Å²) in [6, 6.07) is 21.8. The lowest BCUT2D eigenvalue weighted by Gasteiger charge is -2.09. The highest BCUT2D eigenvalue weighted by Crippen LogP contribution is 2.23. The van der Waals surface area contributed by atoms with Gasteiger partial charge in [-0.2, -0.15) is 0 Å². The van der Waals surface area contributed by atoms with Gasteiger partial charge in [0, 0.05) is 28.9 Å². The molecule has 2 heterocycles. The third kappa shape index (κ3) is 3.79. The molecule has 0 aliphatic heterocycles. The van der Waals surface area contributed by atoms with Crippen LogP contribution in [0.1, 0.15) is 0 Å². The number of aromatic amines is 1. The fraction of sp³-hybridized carbons (Fsp3) is 0.0400. The molecule has 3 aromatic carbocycles. The van der Waals surface area contributed by atoms with Gasteiger partial charge in [0.1, 0.15) is 17.6 Å². The van der Waals surface area contributed by atoms with Gasteiger partial charge in [0.2, 0.25) is 0 Å². The smallest absolute Gasteiger partial charge is 0.262 e. The van der Waals surface area contributed by atoms with Crippen molar-refractivity contribution < 1.29 is 13.9 Å². The summed E-state index contributed by atoms with van der Waals surface area (Å²) >= 11 is 0. The number of hydrogen-bond donors (Lipinski definition) is 2. The molecule has 0 radical (unpaired) electrons. The van der Waals surface area contributed by atoms with E-state index in [1.807, 2.05) is 60.8 Å². The number of ether oxygens (including phenoxy) is 1. The Morgan fingerprint density at radius 3 is 2.74 bits per heavy atom. The molecule has 0 aliphatic rings. The number of fused-ring (bicyclic) bond motifs is 2. The number of H-pyrrole nitrogens is 1. The number of aromatic nitrogens is 1. The number of nitrogens with one attached hydrogen (secondary N) is 2. The summed E-state index contributed by atoms with van der Waals surface area (Å²) < 4.78 is 11.3. The van der Waals surface area contributed by atoms with Crippen LogP contribution in [0.2, 0.25) is 0 Å². The van der Waals surface area contributed by atoms with Gasteiger partial charge in [-0.05, 0) is 42.0 Å². The summed E-state index contributed by atoms with van der Waals surface area (Å²) in [6.45, 7) is -0.164. The molecule has 0 bridgehead atoms. The second kappa shape index (κ2) is 7.84.